The van der Waals surface area contributed by atoms with Gasteiger partial charge in [0.05, 0.1) is 23.6 Å². The van der Waals surface area contributed by atoms with E-state index in [4.69, 9.17) is 4.74 Å². The van der Waals surface area contributed by atoms with E-state index in [0.29, 0.717) is 29.5 Å². The fraction of sp³-hybridized carbons (Fsp3) is 0.409. The number of carbonyl (C=O) groups is 1. The maximum Gasteiger partial charge on any atom is 0.433 e. The minimum absolute atomic E-state index is 0.0638. The van der Waals surface area contributed by atoms with Crippen molar-refractivity contribution in [1.82, 2.24) is 30.3 Å². The lowest BCUT2D eigenvalue weighted by Crippen LogP contribution is -2.36. The van der Waals surface area contributed by atoms with Crippen LogP contribution in [0, 0.1) is 12.8 Å². The number of nitrogens with zero attached hydrogens (tertiary/aromatic N) is 5. The van der Waals surface area contributed by atoms with Crippen molar-refractivity contribution >= 4 is 5.78 Å². The molecule has 11 heteroatoms. The van der Waals surface area contributed by atoms with E-state index in [2.05, 4.69) is 25.6 Å². The molecule has 1 saturated carbocycles. The van der Waals surface area contributed by atoms with Gasteiger partial charge in [-0.1, -0.05) is 5.21 Å². The molecule has 172 valence electrons. The topological polar surface area (TPSA) is 94.8 Å². The Morgan fingerprint density at radius 3 is 2.76 bits per heavy atom. The Balaban J connectivity index is 1.33. The Kier molecular flexibility index (Phi) is 5.35. The van der Waals surface area contributed by atoms with Gasteiger partial charge in [0.25, 0.3) is 0 Å². The van der Waals surface area contributed by atoms with Crippen LogP contribution >= 0.6 is 0 Å². The van der Waals surface area contributed by atoms with Crippen LogP contribution in [0.15, 0.2) is 30.6 Å². The van der Waals surface area contributed by atoms with Gasteiger partial charge in [0.15, 0.2) is 5.78 Å². The predicted octanol–water partition coefficient (Wildman–Crippen LogP) is 3.13. The normalized spacial score (nSPS) is 18.1. The zero-order valence-corrected chi connectivity index (χ0v) is 17.8. The summed E-state index contributed by atoms with van der Waals surface area (Å²) in [5, 5.41) is 11.3. The largest absolute Gasteiger partial charge is 0.471 e. The minimum atomic E-state index is -4.52. The van der Waals surface area contributed by atoms with Crippen LogP contribution in [0.5, 0.6) is 5.88 Å². The van der Waals surface area contributed by atoms with Crippen LogP contribution < -0.4 is 10.1 Å². The van der Waals surface area contributed by atoms with E-state index in [1.54, 1.807) is 13.1 Å². The van der Waals surface area contributed by atoms with Crippen molar-refractivity contribution in [2.45, 2.75) is 45.0 Å². The van der Waals surface area contributed by atoms with Crippen molar-refractivity contribution in [2.75, 3.05) is 6.54 Å². The van der Waals surface area contributed by atoms with E-state index in [0.717, 1.165) is 42.7 Å². The molecule has 0 radical (unpaired) electrons. The number of ketones is 1. The highest BCUT2D eigenvalue weighted by molar-refractivity contribution is 5.89. The fourth-order valence-electron chi connectivity index (χ4n) is 3.93. The summed E-state index contributed by atoms with van der Waals surface area (Å²) in [4.78, 5) is 20.4. The molecule has 4 heterocycles. The van der Waals surface area contributed by atoms with Gasteiger partial charge in [-0.3, -0.25) is 4.79 Å². The van der Waals surface area contributed by atoms with Gasteiger partial charge < -0.3 is 10.1 Å². The monoisotopic (exact) mass is 458 g/mol. The van der Waals surface area contributed by atoms with Crippen LogP contribution in [0.25, 0.3) is 5.69 Å². The Labute approximate surface area is 187 Å². The van der Waals surface area contributed by atoms with Crippen molar-refractivity contribution in [3.05, 3.63) is 58.8 Å². The average Bonchev–Trinajstić information content (AvgIpc) is 3.59. The molecule has 0 amide bonds. The van der Waals surface area contributed by atoms with Crippen LogP contribution in [-0.4, -0.2) is 37.3 Å². The standard InChI is InChI=1S/C22H21F3N6O2/c1-12-17(31(30-29-12)15-4-5-18(27-9-15)22(23,24)25)11-33-19-8-14-6-7-26-20(16(14)10-28-19)21(32)13-2-3-13/h4-5,8-10,13,20,26H,2-3,6-7,11H2,1H3. The summed E-state index contributed by atoms with van der Waals surface area (Å²) in [5.41, 5.74) is 2.42. The van der Waals surface area contributed by atoms with Crippen molar-refractivity contribution in [2.24, 2.45) is 5.92 Å². The highest BCUT2D eigenvalue weighted by atomic mass is 19.4. The predicted molar refractivity (Wildman–Crippen MR) is 110 cm³/mol. The molecule has 5 rings (SSSR count). The lowest BCUT2D eigenvalue weighted by atomic mass is 9.92. The lowest BCUT2D eigenvalue weighted by Gasteiger charge is -2.26. The van der Waals surface area contributed by atoms with Gasteiger partial charge in [-0.15, -0.1) is 5.10 Å². The first-order valence-electron chi connectivity index (χ1n) is 10.6. The van der Waals surface area contributed by atoms with Gasteiger partial charge in [0.2, 0.25) is 5.88 Å². The Bertz CT molecular complexity index is 1190. The summed E-state index contributed by atoms with van der Waals surface area (Å²) in [6, 6.07) is 3.71. The molecule has 1 fully saturated rings. The number of pyridine rings is 2. The fourth-order valence-corrected chi connectivity index (χ4v) is 3.93. The maximum absolute atomic E-state index is 12.8. The van der Waals surface area contributed by atoms with Gasteiger partial charge in [0.1, 0.15) is 18.0 Å². The number of hydrogen-bond donors (Lipinski definition) is 1. The smallest absolute Gasteiger partial charge is 0.433 e. The maximum atomic E-state index is 12.8. The summed E-state index contributed by atoms with van der Waals surface area (Å²) >= 11 is 0. The first kappa shape index (κ1) is 21.5. The van der Waals surface area contributed by atoms with Gasteiger partial charge in [-0.05, 0) is 49.4 Å². The highest BCUT2D eigenvalue weighted by Gasteiger charge is 2.37. The molecule has 0 spiro atoms. The van der Waals surface area contributed by atoms with Gasteiger partial charge in [-0.25, -0.2) is 14.6 Å². The number of halogens is 3. The van der Waals surface area contributed by atoms with Crippen molar-refractivity contribution in [1.29, 1.82) is 0 Å². The summed E-state index contributed by atoms with van der Waals surface area (Å²) in [5.74, 6) is 0.771. The average molecular weight is 458 g/mol. The number of carbonyl (C=O) groups excluding carboxylic acids is 1. The third-order valence-corrected chi connectivity index (χ3v) is 5.91. The Morgan fingerprint density at radius 2 is 2.06 bits per heavy atom. The van der Waals surface area contributed by atoms with E-state index >= 15 is 0 Å². The van der Waals surface area contributed by atoms with Crippen LogP contribution in [0.3, 0.4) is 0 Å². The SMILES string of the molecule is Cc1nnn(-c2ccc(C(F)(F)F)nc2)c1COc1cc2c(cn1)C(C(=O)C1CC1)NCC2. The summed E-state index contributed by atoms with van der Waals surface area (Å²) in [7, 11) is 0. The van der Waals surface area contributed by atoms with Crippen molar-refractivity contribution in [3.63, 3.8) is 0 Å². The minimum Gasteiger partial charge on any atom is -0.471 e. The first-order valence-corrected chi connectivity index (χ1v) is 10.6. The van der Waals surface area contributed by atoms with E-state index in [-0.39, 0.29) is 24.3 Å². The zero-order chi connectivity index (χ0) is 23.2. The van der Waals surface area contributed by atoms with Crippen LogP contribution in [0.1, 0.15) is 47.1 Å². The quantitative estimate of drug-likeness (QED) is 0.607. The summed E-state index contributed by atoms with van der Waals surface area (Å²) in [6.07, 6.45) is 0.940. The molecule has 1 N–H and O–H groups in total. The molecule has 33 heavy (non-hydrogen) atoms. The van der Waals surface area contributed by atoms with Gasteiger partial charge in [-0.2, -0.15) is 13.2 Å². The van der Waals surface area contributed by atoms with E-state index in [9.17, 15) is 18.0 Å². The van der Waals surface area contributed by atoms with Gasteiger partial charge >= 0.3 is 6.18 Å². The Morgan fingerprint density at radius 1 is 1.24 bits per heavy atom. The van der Waals surface area contributed by atoms with Gasteiger partial charge in [0, 0.05) is 24.7 Å². The van der Waals surface area contributed by atoms with E-state index in [1.807, 2.05) is 6.07 Å². The molecule has 8 nitrogen and oxygen atoms in total. The van der Waals surface area contributed by atoms with E-state index < -0.39 is 11.9 Å². The molecular weight excluding hydrogens is 437 g/mol. The van der Waals surface area contributed by atoms with Crippen molar-refractivity contribution in [3.8, 4) is 11.6 Å². The second kappa shape index (κ2) is 8.22. The third-order valence-electron chi connectivity index (χ3n) is 5.91. The molecule has 3 aromatic heterocycles. The highest BCUT2D eigenvalue weighted by Crippen LogP contribution is 2.37. The number of hydrogen-bond acceptors (Lipinski definition) is 7. The molecule has 1 atom stereocenters. The summed E-state index contributed by atoms with van der Waals surface area (Å²) in [6.45, 7) is 2.50. The third kappa shape index (κ3) is 4.32. The number of alkyl halides is 3. The molecule has 0 aromatic carbocycles. The zero-order valence-electron chi connectivity index (χ0n) is 17.8. The molecule has 1 unspecified atom stereocenters. The number of fused-ring (bicyclic) bond motifs is 1. The number of aryl methyl sites for hydroxylation is 1. The molecule has 1 aliphatic carbocycles. The lowest BCUT2D eigenvalue weighted by molar-refractivity contribution is -0.141. The van der Waals surface area contributed by atoms with Crippen LogP contribution in [-0.2, 0) is 24.0 Å². The molecule has 0 bridgehead atoms. The second-order valence-electron chi connectivity index (χ2n) is 8.26. The summed E-state index contributed by atoms with van der Waals surface area (Å²) < 4.78 is 45.7. The van der Waals surface area contributed by atoms with Crippen molar-refractivity contribution < 1.29 is 22.7 Å². The second-order valence-corrected chi connectivity index (χ2v) is 8.26. The molecule has 2 aliphatic rings. The molecule has 0 saturated heterocycles. The number of rotatable bonds is 6. The molecule has 3 aromatic rings. The molecule has 1 aliphatic heterocycles. The number of aromatic nitrogens is 5. The van der Waals surface area contributed by atoms with E-state index in [1.165, 1.54) is 10.7 Å². The number of nitrogens with one attached hydrogen (secondary N) is 1. The molecular formula is C22H21F3N6O2. The number of Topliss-reactive ketones (excluding diaryl/α,β-unsaturated/α-hetero) is 1. The first-order chi connectivity index (χ1) is 15.8. The van der Waals surface area contributed by atoms with Crippen LogP contribution in [0.2, 0.25) is 0 Å². The number of ether oxygens (including phenoxy) is 1. The van der Waals surface area contributed by atoms with Crippen LogP contribution in [0.4, 0.5) is 13.2 Å². The Hall–Kier alpha value is -3.34.